The molecule has 0 saturated heterocycles. The number of nitrogens with two attached hydrogens (primary N) is 1. The third kappa shape index (κ3) is 3.05. The van der Waals surface area contributed by atoms with Crippen LogP contribution in [0.4, 0.5) is 0 Å². The maximum Gasteiger partial charge on any atom is 0.237 e. The lowest BCUT2D eigenvalue weighted by Crippen LogP contribution is -2.54. The topological polar surface area (TPSA) is 55.1 Å². The van der Waals surface area contributed by atoms with E-state index in [0.29, 0.717) is 0 Å². The van der Waals surface area contributed by atoms with Gasteiger partial charge in [-0.25, -0.2) is 0 Å². The molecule has 0 radical (unpaired) electrons. The Morgan fingerprint density at radius 2 is 1.94 bits per heavy atom. The van der Waals surface area contributed by atoms with E-state index in [4.69, 9.17) is 5.73 Å². The van der Waals surface area contributed by atoms with Gasteiger partial charge in [-0.15, -0.1) is 12.4 Å². The summed E-state index contributed by atoms with van der Waals surface area (Å²) in [6.07, 6.45) is 3.13. The molecule has 2 rings (SSSR count). The molecule has 0 aliphatic heterocycles. The third-order valence-electron chi connectivity index (χ3n) is 3.38. The molecular weight excluding hydrogens is 316 g/mol. The lowest BCUT2D eigenvalue weighted by molar-refractivity contribution is -0.125. The first-order chi connectivity index (χ1) is 8.03. The minimum absolute atomic E-state index is 0. The highest BCUT2D eigenvalue weighted by Gasteiger charge is 2.40. The summed E-state index contributed by atoms with van der Waals surface area (Å²) in [6, 6.07) is 7.68. The van der Waals surface area contributed by atoms with Gasteiger partial charge in [-0.3, -0.25) is 4.79 Å². The maximum absolute atomic E-state index is 11.7. The van der Waals surface area contributed by atoms with Crippen molar-refractivity contribution in [3.8, 4) is 0 Å². The summed E-state index contributed by atoms with van der Waals surface area (Å²) < 4.78 is 1.05. The fourth-order valence-corrected chi connectivity index (χ4v) is 2.40. The van der Waals surface area contributed by atoms with Gasteiger partial charge in [0.2, 0.25) is 5.91 Å². The quantitative estimate of drug-likeness (QED) is 0.893. The SMILES string of the molecule is C[C@H](N)C(=O)NC1(c2ccc(Br)cc2)CCC1.Cl. The van der Waals surface area contributed by atoms with Crippen LogP contribution in [0.25, 0.3) is 0 Å². The van der Waals surface area contributed by atoms with Crippen LogP contribution in [0, 0.1) is 0 Å². The van der Waals surface area contributed by atoms with E-state index in [0.717, 1.165) is 23.7 Å². The molecule has 1 amide bonds. The lowest BCUT2D eigenvalue weighted by atomic mass is 9.71. The molecule has 0 spiro atoms. The number of carbonyl (C=O) groups excluding carboxylic acids is 1. The Kier molecular flexibility index (Phi) is 5.20. The molecule has 5 heteroatoms. The van der Waals surface area contributed by atoms with Crippen molar-refractivity contribution in [3.05, 3.63) is 34.3 Å². The number of benzene rings is 1. The van der Waals surface area contributed by atoms with Gasteiger partial charge in [-0.2, -0.15) is 0 Å². The fraction of sp³-hybridized carbons (Fsp3) is 0.462. The van der Waals surface area contributed by atoms with Crippen LogP contribution >= 0.6 is 28.3 Å². The number of hydrogen-bond acceptors (Lipinski definition) is 2. The van der Waals surface area contributed by atoms with Crippen LogP contribution in [0.15, 0.2) is 28.7 Å². The Morgan fingerprint density at radius 3 is 2.33 bits per heavy atom. The molecule has 3 N–H and O–H groups in total. The second-order valence-corrected chi connectivity index (χ2v) is 5.64. The zero-order valence-electron chi connectivity index (χ0n) is 10.3. The highest BCUT2D eigenvalue weighted by Crippen LogP contribution is 2.41. The van der Waals surface area contributed by atoms with Gasteiger partial charge in [-0.05, 0) is 43.9 Å². The molecule has 1 aromatic carbocycles. The van der Waals surface area contributed by atoms with Gasteiger partial charge in [0, 0.05) is 4.47 Å². The van der Waals surface area contributed by atoms with E-state index < -0.39 is 6.04 Å². The van der Waals surface area contributed by atoms with Crippen molar-refractivity contribution in [2.45, 2.75) is 37.8 Å². The Labute approximate surface area is 122 Å². The highest BCUT2D eigenvalue weighted by molar-refractivity contribution is 9.10. The molecule has 100 valence electrons. The van der Waals surface area contributed by atoms with Crippen LogP contribution in [-0.2, 0) is 10.3 Å². The summed E-state index contributed by atoms with van der Waals surface area (Å²) in [4.78, 5) is 11.7. The normalized spacial score (nSPS) is 18.2. The standard InChI is InChI=1S/C13H17BrN2O.ClH/c1-9(15)12(17)16-13(7-2-8-13)10-3-5-11(14)6-4-10;/h3-6,9H,2,7-8,15H2,1H3,(H,16,17);1H/t9-;/m0./s1. The molecule has 1 aliphatic carbocycles. The van der Waals surface area contributed by atoms with Gasteiger partial charge < -0.3 is 11.1 Å². The van der Waals surface area contributed by atoms with Gasteiger partial charge in [0.1, 0.15) is 0 Å². The predicted molar refractivity (Wildman–Crippen MR) is 78.7 cm³/mol. The van der Waals surface area contributed by atoms with Crippen molar-refractivity contribution in [3.63, 3.8) is 0 Å². The van der Waals surface area contributed by atoms with E-state index in [1.165, 1.54) is 5.56 Å². The molecule has 1 atom stereocenters. The Morgan fingerprint density at radius 1 is 1.39 bits per heavy atom. The van der Waals surface area contributed by atoms with Gasteiger partial charge in [0.25, 0.3) is 0 Å². The first kappa shape index (κ1) is 15.5. The lowest BCUT2D eigenvalue weighted by Gasteiger charge is -2.43. The van der Waals surface area contributed by atoms with Crippen LogP contribution in [-0.4, -0.2) is 11.9 Å². The molecule has 0 bridgehead atoms. The van der Waals surface area contributed by atoms with Crippen LogP contribution in [0.5, 0.6) is 0 Å². The van der Waals surface area contributed by atoms with Crippen LogP contribution in [0.2, 0.25) is 0 Å². The summed E-state index contributed by atoms with van der Waals surface area (Å²) in [6.45, 7) is 1.71. The molecule has 3 nitrogen and oxygen atoms in total. The number of rotatable bonds is 3. The van der Waals surface area contributed by atoms with E-state index in [2.05, 4.69) is 33.4 Å². The van der Waals surface area contributed by atoms with Gasteiger partial charge in [0.15, 0.2) is 0 Å². The first-order valence-corrected chi connectivity index (χ1v) is 6.66. The second kappa shape index (κ2) is 6.04. The minimum Gasteiger partial charge on any atom is -0.345 e. The minimum atomic E-state index is -0.456. The summed E-state index contributed by atoms with van der Waals surface area (Å²) >= 11 is 3.42. The molecule has 1 fully saturated rings. The van der Waals surface area contributed by atoms with E-state index in [1.807, 2.05) is 12.1 Å². The second-order valence-electron chi connectivity index (χ2n) is 4.72. The van der Waals surface area contributed by atoms with Gasteiger partial charge >= 0.3 is 0 Å². The third-order valence-corrected chi connectivity index (χ3v) is 3.91. The molecule has 18 heavy (non-hydrogen) atoms. The molecular formula is C13H18BrClN2O. The van der Waals surface area contributed by atoms with Crippen molar-refractivity contribution in [2.24, 2.45) is 5.73 Å². The van der Waals surface area contributed by atoms with Crippen molar-refractivity contribution < 1.29 is 4.79 Å². The molecule has 1 aliphatic rings. The number of halogens is 2. The van der Waals surface area contributed by atoms with Gasteiger partial charge in [0.05, 0.1) is 11.6 Å². The molecule has 1 saturated carbocycles. The fourth-order valence-electron chi connectivity index (χ4n) is 2.13. The molecule has 0 heterocycles. The van der Waals surface area contributed by atoms with E-state index in [9.17, 15) is 4.79 Å². The molecule has 0 aromatic heterocycles. The van der Waals surface area contributed by atoms with Crippen LogP contribution in [0.1, 0.15) is 31.7 Å². The first-order valence-electron chi connectivity index (χ1n) is 5.87. The Hall–Kier alpha value is -0.580. The van der Waals surface area contributed by atoms with Crippen LogP contribution < -0.4 is 11.1 Å². The van der Waals surface area contributed by atoms with E-state index in [1.54, 1.807) is 6.92 Å². The predicted octanol–water partition coefficient (Wildman–Crippen LogP) is 2.71. The largest absolute Gasteiger partial charge is 0.345 e. The van der Waals surface area contributed by atoms with E-state index in [-0.39, 0.29) is 23.9 Å². The summed E-state index contributed by atoms with van der Waals surface area (Å²) in [5, 5.41) is 3.09. The number of amides is 1. The smallest absolute Gasteiger partial charge is 0.237 e. The molecule has 1 aromatic rings. The zero-order valence-corrected chi connectivity index (χ0v) is 12.7. The number of nitrogens with one attached hydrogen (secondary N) is 1. The summed E-state index contributed by atoms with van der Waals surface area (Å²) in [5.74, 6) is -0.0763. The monoisotopic (exact) mass is 332 g/mol. The Bertz CT molecular complexity index is 416. The van der Waals surface area contributed by atoms with Crippen molar-refractivity contribution in [1.82, 2.24) is 5.32 Å². The van der Waals surface area contributed by atoms with E-state index >= 15 is 0 Å². The average Bonchev–Trinajstić information content (AvgIpc) is 2.24. The number of hydrogen-bond donors (Lipinski definition) is 2. The van der Waals surface area contributed by atoms with Crippen LogP contribution in [0.3, 0.4) is 0 Å². The van der Waals surface area contributed by atoms with Crippen molar-refractivity contribution in [2.75, 3.05) is 0 Å². The average molecular weight is 334 g/mol. The molecule has 0 unspecified atom stereocenters. The van der Waals surface area contributed by atoms with Crippen molar-refractivity contribution in [1.29, 1.82) is 0 Å². The summed E-state index contributed by atoms with van der Waals surface area (Å²) in [5.41, 5.74) is 6.58. The Balaban J connectivity index is 0.00000162. The van der Waals surface area contributed by atoms with Gasteiger partial charge in [-0.1, -0.05) is 28.1 Å². The summed E-state index contributed by atoms with van der Waals surface area (Å²) in [7, 11) is 0. The zero-order chi connectivity index (χ0) is 12.5. The highest BCUT2D eigenvalue weighted by atomic mass is 79.9. The maximum atomic E-state index is 11.7. The number of carbonyl (C=O) groups is 1. The van der Waals surface area contributed by atoms with Crippen molar-refractivity contribution >= 4 is 34.2 Å².